The van der Waals surface area contributed by atoms with E-state index in [4.69, 9.17) is 4.74 Å². The summed E-state index contributed by atoms with van der Waals surface area (Å²) in [5.74, 6) is -0.0307. The van der Waals surface area contributed by atoms with E-state index in [9.17, 15) is 9.90 Å². The lowest BCUT2D eigenvalue weighted by Gasteiger charge is -2.25. The molecule has 1 fully saturated rings. The SMILES string of the molecule is CCOC1[C@@H](O)CC(=O)N1CCc1ccccc1. The van der Waals surface area contributed by atoms with E-state index in [2.05, 4.69) is 0 Å². The Bertz CT molecular complexity index is 393. The Balaban J connectivity index is 1.96. The maximum absolute atomic E-state index is 11.8. The lowest BCUT2D eigenvalue weighted by atomic mass is 10.1. The van der Waals surface area contributed by atoms with Crippen molar-refractivity contribution in [1.82, 2.24) is 4.90 Å². The first-order valence-electron chi connectivity index (χ1n) is 6.35. The van der Waals surface area contributed by atoms with Crippen LogP contribution >= 0.6 is 0 Å². The van der Waals surface area contributed by atoms with Gasteiger partial charge in [0.05, 0.1) is 6.42 Å². The summed E-state index contributed by atoms with van der Waals surface area (Å²) in [6.07, 6.45) is -0.234. The van der Waals surface area contributed by atoms with E-state index in [-0.39, 0.29) is 12.3 Å². The largest absolute Gasteiger partial charge is 0.388 e. The van der Waals surface area contributed by atoms with Crippen LogP contribution in [0.2, 0.25) is 0 Å². The molecule has 1 unspecified atom stereocenters. The third-order valence-corrected chi connectivity index (χ3v) is 3.16. The number of benzene rings is 1. The Morgan fingerprint density at radius 3 is 2.78 bits per heavy atom. The van der Waals surface area contributed by atoms with Gasteiger partial charge in [0.25, 0.3) is 0 Å². The molecule has 1 saturated heterocycles. The number of carbonyl (C=O) groups excluding carboxylic acids is 1. The quantitative estimate of drug-likeness (QED) is 0.852. The Morgan fingerprint density at radius 2 is 2.11 bits per heavy atom. The number of carbonyl (C=O) groups is 1. The van der Waals surface area contributed by atoms with E-state index in [0.29, 0.717) is 13.2 Å². The molecule has 1 heterocycles. The van der Waals surface area contributed by atoms with Crippen LogP contribution in [0, 0.1) is 0 Å². The second-order valence-electron chi connectivity index (χ2n) is 4.44. The lowest BCUT2D eigenvalue weighted by molar-refractivity contribution is -0.138. The zero-order valence-electron chi connectivity index (χ0n) is 10.6. The summed E-state index contributed by atoms with van der Waals surface area (Å²) < 4.78 is 5.44. The number of aliphatic hydroxyl groups excluding tert-OH is 1. The molecule has 0 bridgehead atoms. The monoisotopic (exact) mass is 249 g/mol. The van der Waals surface area contributed by atoms with E-state index in [1.807, 2.05) is 37.3 Å². The maximum atomic E-state index is 11.8. The molecule has 2 rings (SSSR count). The van der Waals surface area contributed by atoms with Gasteiger partial charge in [-0.05, 0) is 18.9 Å². The van der Waals surface area contributed by atoms with Crippen molar-refractivity contribution in [3.63, 3.8) is 0 Å². The van der Waals surface area contributed by atoms with E-state index in [1.165, 1.54) is 5.56 Å². The standard InChI is InChI=1S/C14H19NO3/c1-2-18-14-12(16)10-13(17)15(14)9-8-11-6-4-3-5-7-11/h3-7,12,14,16H,2,8-10H2,1H3/t12-,14?/m0/s1. The van der Waals surface area contributed by atoms with Crippen LogP contribution < -0.4 is 0 Å². The van der Waals surface area contributed by atoms with E-state index in [0.717, 1.165) is 6.42 Å². The van der Waals surface area contributed by atoms with Crippen LogP contribution in [0.4, 0.5) is 0 Å². The normalized spacial score (nSPS) is 23.7. The van der Waals surface area contributed by atoms with Gasteiger partial charge in [0, 0.05) is 13.2 Å². The minimum Gasteiger partial charge on any atom is -0.388 e. The molecular weight excluding hydrogens is 230 g/mol. The number of aliphatic hydroxyl groups is 1. The highest BCUT2D eigenvalue weighted by Crippen LogP contribution is 2.20. The zero-order chi connectivity index (χ0) is 13.0. The molecule has 4 heteroatoms. The highest BCUT2D eigenvalue weighted by Gasteiger charge is 2.38. The summed E-state index contributed by atoms with van der Waals surface area (Å²) >= 11 is 0. The summed E-state index contributed by atoms with van der Waals surface area (Å²) in [7, 11) is 0. The summed E-state index contributed by atoms with van der Waals surface area (Å²) in [6.45, 7) is 2.95. The molecule has 0 radical (unpaired) electrons. The third-order valence-electron chi connectivity index (χ3n) is 3.16. The van der Waals surface area contributed by atoms with Crippen LogP contribution in [-0.4, -0.2) is 41.4 Å². The average Bonchev–Trinajstić information content (AvgIpc) is 2.64. The van der Waals surface area contributed by atoms with Gasteiger partial charge in [-0.1, -0.05) is 30.3 Å². The topological polar surface area (TPSA) is 49.8 Å². The fraction of sp³-hybridized carbons (Fsp3) is 0.500. The number of ether oxygens (including phenoxy) is 1. The summed E-state index contributed by atoms with van der Waals surface area (Å²) in [5.41, 5.74) is 1.18. The fourth-order valence-corrected chi connectivity index (χ4v) is 2.26. The van der Waals surface area contributed by atoms with Crippen LogP contribution in [0.3, 0.4) is 0 Å². The molecule has 1 aliphatic rings. The zero-order valence-corrected chi connectivity index (χ0v) is 10.6. The fourth-order valence-electron chi connectivity index (χ4n) is 2.26. The Kier molecular flexibility index (Phi) is 4.33. The number of nitrogens with zero attached hydrogens (tertiary/aromatic N) is 1. The van der Waals surface area contributed by atoms with E-state index < -0.39 is 12.3 Å². The Labute approximate surface area is 107 Å². The van der Waals surface area contributed by atoms with Crippen LogP contribution in [0.15, 0.2) is 30.3 Å². The molecule has 18 heavy (non-hydrogen) atoms. The minimum absolute atomic E-state index is 0.0307. The van der Waals surface area contributed by atoms with Gasteiger partial charge in [0.1, 0.15) is 6.10 Å². The van der Waals surface area contributed by atoms with Gasteiger partial charge in [0.15, 0.2) is 6.23 Å². The molecule has 0 saturated carbocycles. The Morgan fingerprint density at radius 1 is 1.39 bits per heavy atom. The van der Waals surface area contributed by atoms with Crippen molar-refractivity contribution in [2.45, 2.75) is 32.1 Å². The van der Waals surface area contributed by atoms with Gasteiger partial charge in [-0.2, -0.15) is 0 Å². The van der Waals surface area contributed by atoms with E-state index >= 15 is 0 Å². The van der Waals surface area contributed by atoms with Crippen molar-refractivity contribution in [2.24, 2.45) is 0 Å². The molecule has 0 spiro atoms. The van der Waals surface area contributed by atoms with Gasteiger partial charge in [-0.25, -0.2) is 0 Å². The number of hydrogen-bond acceptors (Lipinski definition) is 3. The molecule has 0 aromatic heterocycles. The number of likely N-dealkylation sites (tertiary alicyclic amines) is 1. The second-order valence-corrected chi connectivity index (χ2v) is 4.44. The van der Waals surface area contributed by atoms with E-state index in [1.54, 1.807) is 4.90 Å². The van der Waals surface area contributed by atoms with Crippen LogP contribution in [-0.2, 0) is 16.0 Å². The van der Waals surface area contributed by atoms with Crippen molar-refractivity contribution in [2.75, 3.05) is 13.2 Å². The molecule has 0 aliphatic carbocycles. The minimum atomic E-state index is -0.701. The first kappa shape index (κ1) is 13.1. The number of amides is 1. The van der Waals surface area contributed by atoms with Crippen LogP contribution in [0.25, 0.3) is 0 Å². The molecular formula is C14H19NO3. The summed E-state index contributed by atoms with van der Waals surface area (Å²) in [4.78, 5) is 13.4. The summed E-state index contributed by atoms with van der Waals surface area (Å²) in [6, 6.07) is 10.0. The van der Waals surface area contributed by atoms with Gasteiger partial charge in [-0.15, -0.1) is 0 Å². The Hall–Kier alpha value is -1.39. The molecule has 1 aromatic rings. The second kappa shape index (κ2) is 5.98. The molecule has 2 atom stereocenters. The van der Waals surface area contributed by atoms with Gasteiger partial charge in [0.2, 0.25) is 5.91 Å². The number of rotatable bonds is 5. The van der Waals surface area contributed by atoms with Crippen molar-refractivity contribution in [3.8, 4) is 0 Å². The third kappa shape index (κ3) is 2.89. The predicted molar refractivity (Wildman–Crippen MR) is 67.9 cm³/mol. The van der Waals surface area contributed by atoms with Crippen molar-refractivity contribution in [3.05, 3.63) is 35.9 Å². The molecule has 1 aliphatic heterocycles. The van der Waals surface area contributed by atoms with Crippen molar-refractivity contribution in [1.29, 1.82) is 0 Å². The highest BCUT2D eigenvalue weighted by atomic mass is 16.5. The van der Waals surface area contributed by atoms with Crippen molar-refractivity contribution >= 4 is 5.91 Å². The van der Waals surface area contributed by atoms with Crippen LogP contribution in [0.5, 0.6) is 0 Å². The highest BCUT2D eigenvalue weighted by molar-refractivity contribution is 5.79. The average molecular weight is 249 g/mol. The predicted octanol–water partition coefficient (Wildman–Crippen LogP) is 1.18. The molecule has 1 aromatic carbocycles. The van der Waals surface area contributed by atoms with Gasteiger partial charge in [-0.3, -0.25) is 4.79 Å². The summed E-state index contributed by atoms with van der Waals surface area (Å²) in [5, 5.41) is 9.77. The smallest absolute Gasteiger partial charge is 0.227 e. The van der Waals surface area contributed by atoms with Gasteiger partial charge < -0.3 is 14.7 Å². The molecule has 1 amide bonds. The lowest BCUT2D eigenvalue weighted by Crippen LogP contribution is -2.40. The molecule has 98 valence electrons. The van der Waals surface area contributed by atoms with Crippen LogP contribution in [0.1, 0.15) is 18.9 Å². The first-order valence-corrected chi connectivity index (χ1v) is 6.35. The van der Waals surface area contributed by atoms with Crippen molar-refractivity contribution < 1.29 is 14.6 Å². The maximum Gasteiger partial charge on any atom is 0.227 e. The first-order chi connectivity index (χ1) is 8.72. The number of hydrogen-bond donors (Lipinski definition) is 1. The molecule has 1 N–H and O–H groups in total. The van der Waals surface area contributed by atoms with Gasteiger partial charge >= 0.3 is 0 Å². The molecule has 4 nitrogen and oxygen atoms in total.